The van der Waals surface area contributed by atoms with Crippen LogP contribution in [0, 0.1) is 0 Å². The molecule has 0 heterocycles. The van der Waals surface area contributed by atoms with Crippen molar-refractivity contribution in [3.8, 4) is 0 Å². The molecule has 0 aromatic carbocycles. The van der Waals surface area contributed by atoms with Crippen molar-refractivity contribution < 1.29 is 52.2 Å². The summed E-state index contributed by atoms with van der Waals surface area (Å²) in [5, 5.41) is 13.6. The maximum Gasteiger partial charge on any atom is 0.446 e. The molecule has 0 fully saturated rings. The van der Waals surface area contributed by atoms with Crippen molar-refractivity contribution in [2.24, 2.45) is 11.5 Å². The van der Waals surface area contributed by atoms with E-state index in [0.29, 0.717) is 11.7 Å². The average Bonchev–Trinajstić information content (AvgIpc) is 2.13. The first-order valence-corrected chi connectivity index (χ1v) is 4.39. The number of carboxylic acids is 1. The fraction of sp³-hybridized carbons (Fsp3) is 0.375. The Labute approximate surface area is 114 Å². The molecule has 0 atom stereocenters. The maximum absolute atomic E-state index is 10.5. The molecule has 0 saturated heterocycles. The molecule has 0 aliphatic rings. The number of aldehydes is 1. The third-order valence-corrected chi connectivity index (χ3v) is 0.365. The van der Waals surface area contributed by atoms with Crippen LogP contribution in [0.1, 0.15) is 6.92 Å². The summed E-state index contributed by atoms with van der Waals surface area (Å²) in [6.45, 7) is 4.86. The molecule has 0 aliphatic heterocycles. The zero-order chi connectivity index (χ0) is 18.4. The first kappa shape index (κ1) is 27.1. The van der Waals surface area contributed by atoms with E-state index in [1.165, 1.54) is 0 Å². The summed E-state index contributed by atoms with van der Waals surface area (Å²) in [5.41, 5.74) is 12.8. The van der Waals surface area contributed by atoms with E-state index in [0.717, 1.165) is 0 Å². The number of rotatable bonds is 0. The van der Waals surface area contributed by atoms with Gasteiger partial charge in [0.05, 0.1) is 0 Å². The lowest BCUT2D eigenvalue weighted by Gasteiger charge is -2.03. The second-order valence-electron chi connectivity index (χ2n) is 2.85. The van der Waals surface area contributed by atoms with Crippen LogP contribution in [0.5, 0.6) is 0 Å². The first-order chi connectivity index (χ1) is 8.97. The fourth-order valence-electron chi connectivity index (χ4n) is 0. The lowest BCUT2D eigenvalue weighted by molar-refractivity contribution is -0.344. The molecule has 0 saturated carbocycles. The Morgan fingerprint density at radius 1 is 1.24 bits per heavy atom. The summed E-state index contributed by atoms with van der Waals surface area (Å²) in [5.74, 6) is -2.17. The van der Waals surface area contributed by atoms with Crippen LogP contribution in [0.2, 0.25) is 0 Å². The second kappa shape index (κ2) is 12.7. The van der Waals surface area contributed by atoms with Crippen LogP contribution < -0.4 is 27.7 Å². The predicted molar refractivity (Wildman–Crippen MR) is 56.2 cm³/mol. The Kier molecular flexibility index (Phi) is 16.4. The third kappa shape index (κ3) is 97.3. The van der Waals surface area contributed by atoms with Gasteiger partial charge in [-0.2, -0.15) is 26.3 Å². The summed E-state index contributed by atoms with van der Waals surface area (Å²) in [6, 6.07) is 0. The van der Waals surface area contributed by atoms with Gasteiger partial charge < -0.3 is 21.4 Å². The van der Waals surface area contributed by atoms with Gasteiger partial charge in [-0.05, 0) is 6.58 Å². The molecule has 0 amide bonds. The van der Waals surface area contributed by atoms with Gasteiger partial charge in [-0.1, -0.05) is 0 Å². The Hall–Kier alpha value is -2.31. The monoisotopic (exact) mass is 329 g/mol. The number of carbonyl (C=O) groups is 2. The van der Waals surface area contributed by atoms with Gasteiger partial charge in [0.1, 0.15) is 5.97 Å². The van der Waals surface area contributed by atoms with Crippen molar-refractivity contribution in [1.82, 2.24) is 0 Å². The van der Waals surface area contributed by atoms with Crippen LogP contribution in [-0.2, 0) is 9.59 Å². The number of carbonyl (C=O) groups excluding carboxylic acids is 2. The zero-order valence-electron chi connectivity index (χ0n) is 10.7. The van der Waals surface area contributed by atoms with Gasteiger partial charge in [0, 0.05) is 6.92 Å². The van der Waals surface area contributed by atoms with Gasteiger partial charge in [-0.25, -0.2) is 0 Å². The van der Waals surface area contributed by atoms with Gasteiger partial charge in [0.15, 0.2) is 5.82 Å². The van der Waals surface area contributed by atoms with E-state index in [1.54, 1.807) is 6.92 Å². The number of nitrogens with two attached hydrogens (primary N) is 3. The highest BCUT2D eigenvalue weighted by molar-refractivity contribution is 5.70. The van der Waals surface area contributed by atoms with E-state index in [-0.39, 0.29) is 0 Å². The quantitative estimate of drug-likeness (QED) is 0.159. The molecule has 0 rings (SSSR count). The molecule has 0 spiro atoms. The molecule has 0 radical (unpaired) electrons. The standard InChI is InChI=1S/C2HF3O2.C2HF3O.2C2H6N2/c3-2(4,5)1(6)7;3-2(4,5)1-6;2*1-2(3)4/h(H,6,7);1H;1H3,(H3,3,4);1,3-4H2/p+1. The first-order valence-electron chi connectivity index (χ1n) is 4.39. The Morgan fingerprint density at radius 3 is 1.33 bits per heavy atom. The SMILES string of the molecule is C=C(N)[NH3+].CC(N)=[NH2+].O=C([O-])C(F)(F)F.O=CC(F)(F)F. The predicted octanol–water partition coefficient (Wildman–Crippen LogP) is -3.17. The van der Waals surface area contributed by atoms with E-state index in [2.05, 4.69) is 12.3 Å². The minimum atomic E-state index is -5.19. The smallest absolute Gasteiger partial charge is 0.446 e. The lowest BCUT2D eigenvalue weighted by Crippen LogP contribution is -2.50. The van der Waals surface area contributed by atoms with E-state index in [9.17, 15) is 26.3 Å². The topological polar surface area (TPSA) is 162 Å². The molecular weight excluding hydrogens is 314 g/mol. The number of amidine groups is 1. The molecule has 13 heteroatoms. The molecule has 0 aromatic rings. The molecule has 21 heavy (non-hydrogen) atoms. The van der Waals surface area contributed by atoms with Crippen molar-refractivity contribution in [1.29, 1.82) is 0 Å². The highest BCUT2D eigenvalue weighted by Gasteiger charge is 2.28. The highest BCUT2D eigenvalue weighted by atomic mass is 19.4. The number of alkyl halides is 6. The van der Waals surface area contributed by atoms with E-state index < -0.39 is 24.6 Å². The minimum Gasteiger partial charge on any atom is -0.542 e. The van der Waals surface area contributed by atoms with Gasteiger partial charge in [0.2, 0.25) is 12.1 Å². The normalized spacial score (nSPS) is 9.33. The highest BCUT2D eigenvalue weighted by Crippen LogP contribution is 2.11. The molecule has 126 valence electrons. The number of halogens is 6. The minimum absolute atomic E-state index is 0.417. The maximum atomic E-state index is 10.5. The van der Waals surface area contributed by atoms with Crippen LogP contribution in [0.15, 0.2) is 12.4 Å². The van der Waals surface area contributed by atoms with Crippen LogP contribution in [0.4, 0.5) is 26.3 Å². The number of hydrogen-bond donors (Lipinski definition) is 4. The molecule has 0 bridgehead atoms. The van der Waals surface area contributed by atoms with Gasteiger partial charge >= 0.3 is 12.4 Å². The zero-order valence-corrected chi connectivity index (χ0v) is 10.7. The van der Waals surface area contributed by atoms with Crippen LogP contribution in [0.3, 0.4) is 0 Å². The molecule has 7 nitrogen and oxygen atoms in total. The number of aliphatic carboxylic acids is 1. The Bertz CT molecular complexity index is 320. The van der Waals surface area contributed by atoms with Crippen LogP contribution >= 0.6 is 0 Å². The van der Waals surface area contributed by atoms with Gasteiger partial charge in [-0.3, -0.25) is 15.9 Å². The van der Waals surface area contributed by atoms with Crippen molar-refractivity contribution in [3.05, 3.63) is 12.4 Å². The second-order valence-corrected chi connectivity index (χ2v) is 2.85. The van der Waals surface area contributed by atoms with Gasteiger partial charge in [-0.15, -0.1) is 0 Å². The lowest BCUT2D eigenvalue weighted by atomic mass is 10.7. The molecule has 0 unspecified atom stereocenters. The van der Waals surface area contributed by atoms with Crippen LogP contribution in [0.25, 0.3) is 0 Å². The number of quaternary nitrogens is 1. The van der Waals surface area contributed by atoms with Crippen LogP contribution in [-0.4, -0.2) is 30.4 Å². The summed E-state index contributed by atoms with van der Waals surface area (Å²) in [4.78, 5) is 17.5. The summed E-state index contributed by atoms with van der Waals surface area (Å²) in [6.07, 6.45) is -10.9. The summed E-state index contributed by atoms with van der Waals surface area (Å²) >= 11 is 0. The van der Waals surface area contributed by atoms with E-state index in [4.69, 9.17) is 31.6 Å². The summed E-state index contributed by atoms with van der Waals surface area (Å²) in [7, 11) is 0. The Balaban J connectivity index is -0.0000000948. The average molecular weight is 329 g/mol. The van der Waals surface area contributed by atoms with Crippen molar-refractivity contribution >= 4 is 18.1 Å². The number of hydrogen-bond acceptors (Lipinski definition) is 4. The molecular formula is C8H15F6N4O3+. The van der Waals surface area contributed by atoms with E-state index in [1.807, 2.05) is 0 Å². The Morgan fingerprint density at radius 2 is 1.33 bits per heavy atom. The van der Waals surface area contributed by atoms with Crippen molar-refractivity contribution in [3.63, 3.8) is 0 Å². The van der Waals surface area contributed by atoms with Crippen molar-refractivity contribution in [2.75, 3.05) is 0 Å². The van der Waals surface area contributed by atoms with E-state index >= 15 is 0 Å². The molecule has 9 N–H and O–H groups in total. The van der Waals surface area contributed by atoms with Gasteiger partial charge in [0.25, 0.3) is 0 Å². The molecule has 0 aromatic heterocycles. The summed E-state index contributed by atoms with van der Waals surface area (Å²) < 4.78 is 62.8. The van der Waals surface area contributed by atoms with Crippen molar-refractivity contribution in [2.45, 2.75) is 19.3 Å². The number of carboxylic acid groups (broad SMARTS) is 1. The largest absolute Gasteiger partial charge is 0.542 e. The third-order valence-electron chi connectivity index (χ3n) is 0.365. The molecule has 0 aliphatic carbocycles. The fourth-order valence-corrected chi connectivity index (χ4v) is 0.